The van der Waals surface area contributed by atoms with Crippen LogP contribution in [0, 0.1) is 23.1 Å². The molecule has 3 fully saturated rings. The Morgan fingerprint density at radius 3 is 2.50 bits per heavy atom. The Bertz CT molecular complexity index is 1620. The van der Waals surface area contributed by atoms with Crippen LogP contribution >= 0.6 is 0 Å². The molecule has 3 heterocycles. The summed E-state index contributed by atoms with van der Waals surface area (Å²) in [6.07, 6.45) is 1.46. The number of benzene rings is 3. The second kappa shape index (κ2) is 8.95. The van der Waals surface area contributed by atoms with Crippen molar-refractivity contribution in [1.29, 1.82) is 5.26 Å². The highest BCUT2D eigenvalue weighted by Crippen LogP contribution is 2.64. The maximum Gasteiger partial charge on any atom is 0.258 e. The minimum Gasteiger partial charge on any atom is -0.365 e. The second-order valence-corrected chi connectivity index (χ2v) is 11.2. The third-order valence-corrected chi connectivity index (χ3v) is 9.17. The van der Waals surface area contributed by atoms with E-state index in [2.05, 4.69) is 11.4 Å². The average molecular weight is 541 g/mol. The molecular weight excluding hydrogens is 511 g/mol. The zero-order valence-corrected chi connectivity index (χ0v) is 22.5. The Hall–Kier alpha value is -4.13. The van der Waals surface area contributed by atoms with Gasteiger partial charge < -0.3 is 15.0 Å². The minimum absolute atomic E-state index is 0.268. The van der Waals surface area contributed by atoms with E-state index in [1.165, 1.54) is 34.1 Å². The maximum atomic E-state index is 14.5. The molecule has 0 saturated carbocycles. The monoisotopic (exact) mass is 540 g/mol. The van der Waals surface area contributed by atoms with E-state index in [4.69, 9.17) is 4.74 Å². The van der Waals surface area contributed by atoms with Gasteiger partial charge in [-0.2, -0.15) is 5.26 Å². The van der Waals surface area contributed by atoms with Gasteiger partial charge in [-0.15, -0.1) is 0 Å². The topological polar surface area (TPSA) is 103 Å². The number of anilines is 1. The fourth-order valence-corrected chi connectivity index (χ4v) is 7.29. The van der Waals surface area contributed by atoms with Crippen LogP contribution in [0.5, 0.6) is 0 Å². The van der Waals surface area contributed by atoms with Gasteiger partial charge in [-0.3, -0.25) is 14.4 Å². The number of carbonyl (C=O) groups excluding carboxylic acids is 3. The fourth-order valence-electron chi connectivity index (χ4n) is 7.29. The van der Waals surface area contributed by atoms with Gasteiger partial charge in [0.2, 0.25) is 5.91 Å². The molecule has 9 heteroatoms. The minimum atomic E-state index is -1.33. The van der Waals surface area contributed by atoms with E-state index >= 15 is 0 Å². The van der Waals surface area contributed by atoms with Crippen LogP contribution in [0.15, 0.2) is 60.7 Å². The van der Waals surface area contributed by atoms with Gasteiger partial charge in [0.25, 0.3) is 11.8 Å². The van der Waals surface area contributed by atoms with Gasteiger partial charge in [-0.1, -0.05) is 24.3 Å². The molecule has 6 rings (SSSR count). The molecule has 0 spiro atoms. The van der Waals surface area contributed by atoms with E-state index in [9.17, 15) is 24.0 Å². The molecular formula is C31H29FN4O4. The quantitative estimate of drug-likeness (QED) is 0.478. The molecule has 3 aromatic rings. The first-order valence-corrected chi connectivity index (χ1v) is 13.3. The standard InChI is InChI=1S/C31H29FN4O4/c1-29-14-15-30(40-29,16-17-35(3)26(37)19-8-11-21(32)12-9-19)31(34-2)25(29)27(38)36(28(31)39)24-13-10-20(18-33)22-6-4-5-7-23(22)24/h4-13,25,34H,14-17H2,1-3H3/t25?,29?,30?,31-/m1/s1. The first-order chi connectivity index (χ1) is 19.1. The molecule has 40 heavy (non-hydrogen) atoms. The van der Waals surface area contributed by atoms with Gasteiger partial charge in [-0.05, 0) is 69.6 Å². The predicted octanol–water partition coefficient (Wildman–Crippen LogP) is 3.78. The van der Waals surface area contributed by atoms with Crippen molar-refractivity contribution in [2.24, 2.45) is 5.92 Å². The Morgan fingerprint density at radius 2 is 1.82 bits per heavy atom. The molecule has 0 aromatic heterocycles. The lowest BCUT2D eigenvalue weighted by atomic mass is 9.62. The van der Waals surface area contributed by atoms with Gasteiger partial charge in [0.1, 0.15) is 11.4 Å². The summed E-state index contributed by atoms with van der Waals surface area (Å²) in [7, 11) is 3.34. The molecule has 204 valence electrons. The van der Waals surface area contributed by atoms with E-state index in [-0.39, 0.29) is 18.4 Å². The van der Waals surface area contributed by atoms with Crippen LogP contribution in [-0.2, 0) is 14.3 Å². The van der Waals surface area contributed by atoms with Crippen molar-refractivity contribution in [3.63, 3.8) is 0 Å². The summed E-state index contributed by atoms with van der Waals surface area (Å²) in [5.74, 6) is -2.19. The smallest absolute Gasteiger partial charge is 0.258 e. The number of nitrogens with one attached hydrogen (secondary N) is 1. The number of hydrogen-bond acceptors (Lipinski definition) is 6. The number of ether oxygens (including phenoxy) is 1. The number of carbonyl (C=O) groups is 3. The van der Waals surface area contributed by atoms with E-state index in [1.54, 1.807) is 32.3 Å². The number of likely N-dealkylation sites (N-methyl/N-ethyl adjacent to an activating group) is 1. The number of halogens is 1. The number of rotatable bonds is 6. The van der Waals surface area contributed by atoms with Crippen LogP contribution in [0.25, 0.3) is 10.8 Å². The maximum absolute atomic E-state index is 14.5. The molecule has 0 radical (unpaired) electrons. The lowest BCUT2D eigenvalue weighted by Gasteiger charge is -2.43. The number of nitriles is 1. The SMILES string of the molecule is CN[C@@]12C(=O)N(c3ccc(C#N)c4ccccc34)C(=O)C1C1(C)CCC2(CCN(C)C(=O)c2ccc(F)cc2)O1. The highest BCUT2D eigenvalue weighted by molar-refractivity contribution is 6.29. The Kier molecular flexibility index (Phi) is 5.84. The van der Waals surface area contributed by atoms with Crippen molar-refractivity contribution >= 4 is 34.2 Å². The largest absolute Gasteiger partial charge is 0.365 e. The molecule has 1 N–H and O–H groups in total. The molecule has 3 saturated heterocycles. The zero-order chi connectivity index (χ0) is 28.4. The summed E-state index contributed by atoms with van der Waals surface area (Å²) in [6, 6.07) is 18.1. The van der Waals surface area contributed by atoms with Gasteiger partial charge >= 0.3 is 0 Å². The molecule has 3 aliphatic heterocycles. The Labute approximate surface area is 231 Å². The van der Waals surface area contributed by atoms with E-state index in [1.807, 2.05) is 25.1 Å². The molecule has 0 aliphatic carbocycles. The summed E-state index contributed by atoms with van der Waals surface area (Å²) >= 11 is 0. The van der Waals surface area contributed by atoms with Crippen LogP contribution in [0.2, 0.25) is 0 Å². The van der Waals surface area contributed by atoms with Crippen molar-refractivity contribution in [1.82, 2.24) is 10.2 Å². The van der Waals surface area contributed by atoms with Crippen molar-refractivity contribution in [3.8, 4) is 6.07 Å². The van der Waals surface area contributed by atoms with E-state index in [0.717, 1.165) is 0 Å². The Morgan fingerprint density at radius 1 is 1.12 bits per heavy atom. The number of amides is 3. The molecule has 8 nitrogen and oxygen atoms in total. The average Bonchev–Trinajstić information content (AvgIpc) is 3.52. The summed E-state index contributed by atoms with van der Waals surface area (Å²) < 4.78 is 20.0. The Balaban J connectivity index is 1.37. The summed E-state index contributed by atoms with van der Waals surface area (Å²) in [5, 5.41) is 14.2. The fraction of sp³-hybridized carbons (Fsp3) is 0.355. The molecule has 2 bridgehead atoms. The second-order valence-electron chi connectivity index (χ2n) is 11.2. The van der Waals surface area contributed by atoms with Crippen molar-refractivity contribution in [3.05, 3.63) is 77.6 Å². The van der Waals surface area contributed by atoms with Gasteiger partial charge in [-0.25, -0.2) is 9.29 Å². The summed E-state index contributed by atoms with van der Waals surface area (Å²) in [6.45, 7) is 2.15. The highest BCUT2D eigenvalue weighted by atomic mass is 19.1. The third kappa shape index (κ3) is 3.33. The normalized spacial score (nSPS) is 28.7. The van der Waals surface area contributed by atoms with Crippen molar-refractivity contribution in [2.45, 2.75) is 42.9 Å². The van der Waals surface area contributed by atoms with Gasteiger partial charge in [0.05, 0.1) is 34.4 Å². The highest BCUT2D eigenvalue weighted by Gasteiger charge is 2.82. The zero-order valence-electron chi connectivity index (χ0n) is 22.5. The van der Waals surface area contributed by atoms with Gasteiger partial charge in [0, 0.05) is 29.9 Å². The lowest BCUT2D eigenvalue weighted by Crippen LogP contribution is -2.68. The number of nitrogens with zero attached hydrogens (tertiary/aromatic N) is 3. The first-order valence-electron chi connectivity index (χ1n) is 13.3. The third-order valence-electron chi connectivity index (χ3n) is 9.17. The van der Waals surface area contributed by atoms with Crippen LogP contribution in [0.4, 0.5) is 10.1 Å². The number of hydrogen-bond donors (Lipinski definition) is 1. The van der Waals surface area contributed by atoms with E-state index in [0.29, 0.717) is 46.8 Å². The number of fused-ring (bicyclic) bond motifs is 6. The lowest BCUT2D eigenvalue weighted by molar-refractivity contribution is -0.133. The number of imide groups is 1. The summed E-state index contributed by atoms with van der Waals surface area (Å²) in [5.41, 5.74) is -1.96. The molecule has 4 atom stereocenters. The van der Waals surface area contributed by atoms with Crippen LogP contribution < -0.4 is 10.2 Å². The van der Waals surface area contributed by atoms with Gasteiger partial charge in [0.15, 0.2) is 0 Å². The van der Waals surface area contributed by atoms with Crippen LogP contribution in [0.3, 0.4) is 0 Å². The van der Waals surface area contributed by atoms with E-state index < -0.39 is 34.4 Å². The van der Waals surface area contributed by atoms with Crippen LogP contribution in [-0.4, -0.2) is 60.0 Å². The van der Waals surface area contributed by atoms with Crippen molar-refractivity contribution < 1.29 is 23.5 Å². The molecule has 3 amide bonds. The van der Waals surface area contributed by atoms with Crippen LogP contribution in [0.1, 0.15) is 42.1 Å². The van der Waals surface area contributed by atoms with Crippen molar-refractivity contribution in [2.75, 3.05) is 25.5 Å². The first kappa shape index (κ1) is 26.1. The molecule has 3 aromatic carbocycles. The predicted molar refractivity (Wildman–Crippen MR) is 146 cm³/mol. The molecule has 3 aliphatic rings. The summed E-state index contributed by atoms with van der Waals surface area (Å²) in [4.78, 5) is 44.5. The molecule has 3 unspecified atom stereocenters.